The summed E-state index contributed by atoms with van der Waals surface area (Å²) in [6.45, 7) is 4.47. The summed E-state index contributed by atoms with van der Waals surface area (Å²) in [5.41, 5.74) is 11.3. The van der Waals surface area contributed by atoms with Crippen LogP contribution in [0.3, 0.4) is 0 Å². The van der Waals surface area contributed by atoms with E-state index in [4.69, 9.17) is 11.5 Å². The van der Waals surface area contributed by atoms with E-state index >= 15 is 0 Å². The average molecular weight is 496 g/mol. The molecule has 0 saturated carbocycles. The zero-order valence-electron chi connectivity index (χ0n) is 19.7. The Morgan fingerprint density at radius 1 is 0.886 bits per heavy atom. The summed E-state index contributed by atoms with van der Waals surface area (Å²) in [6.07, 6.45) is -1.92. The van der Waals surface area contributed by atoms with Crippen LogP contribution >= 0.6 is 0 Å². The number of amides is 4. The SMILES string of the molecule is CC(C)C(NC(=O)C(CC(N)=O)NC(=O)C(N)C(C)O)C(=O)NC(Cc1ccc(O)cc1)C(=O)O. The van der Waals surface area contributed by atoms with Crippen molar-refractivity contribution in [3.63, 3.8) is 0 Å². The van der Waals surface area contributed by atoms with E-state index in [1.54, 1.807) is 13.8 Å². The Balaban J connectivity index is 2.99. The highest BCUT2D eigenvalue weighted by molar-refractivity contribution is 5.96. The Morgan fingerprint density at radius 3 is 1.89 bits per heavy atom. The Bertz CT molecular complexity index is 919. The smallest absolute Gasteiger partial charge is 0.326 e. The average Bonchev–Trinajstić information content (AvgIpc) is 2.76. The zero-order valence-corrected chi connectivity index (χ0v) is 19.7. The Morgan fingerprint density at radius 2 is 1.43 bits per heavy atom. The minimum Gasteiger partial charge on any atom is -0.508 e. The first-order valence-corrected chi connectivity index (χ1v) is 10.9. The Labute approximate surface area is 202 Å². The maximum absolute atomic E-state index is 12.9. The Hall–Kier alpha value is -3.71. The number of carboxylic acids is 1. The molecule has 0 aliphatic heterocycles. The predicted molar refractivity (Wildman–Crippen MR) is 124 cm³/mol. The van der Waals surface area contributed by atoms with Crippen LogP contribution in [0, 0.1) is 5.92 Å². The summed E-state index contributed by atoms with van der Waals surface area (Å²) >= 11 is 0. The van der Waals surface area contributed by atoms with Gasteiger partial charge >= 0.3 is 5.97 Å². The van der Waals surface area contributed by atoms with Gasteiger partial charge in [-0.05, 0) is 30.5 Å². The molecule has 194 valence electrons. The number of aliphatic carboxylic acids is 1. The van der Waals surface area contributed by atoms with Crippen molar-refractivity contribution in [2.24, 2.45) is 17.4 Å². The normalized spacial score (nSPS) is 15.3. The number of nitrogens with two attached hydrogens (primary N) is 2. The number of aromatic hydroxyl groups is 1. The molecule has 0 heterocycles. The van der Waals surface area contributed by atoms with E-state index in [1.807, 2.05) is 0 Å². The van der Waals surface area contributed by atoms with Crippen LogP contribution in [0.5, 0.6) is 5.75 Å². The van der Waals surface area contributed by atoms with E-state index in [-0.39, 0.29) is 12.2 Å². The molecule has 0 bridgehead atoms. The van der Waals surface area contributed by atoms with Crippen LogP contribution in [0.4, 0.5) is 0 Å². The van der Waals surface area contributed by atoms with E-state index < -0.39 is 72.2 Å². The topological polar surface area (TPSA) is 234 Å². The van der Waals surface area contributed by atoms with Crippen LogP contribution in [0.25, 0.3) is 0 Å². The van der Waals surface area contributed by atoms with Gasteiger partial charge in [-0.25, -0.2) is 4.79 Å². The quantitative estimate of drug-likeness (QED) is 0.147. The molecule has 5 atom stereocenters. The van der Waals surface area contributed by atoms with Gasteiger partial charge in [0.15, 0.2) is 0 Å². The molecule has 1 aromatic rings. The summed E-state index contributed by atoms with van der Waals surface area (Å²) in [7, 11) is 0. The number of rotatable bonds is 13. The lowest BCUT2D eigenvalue weighted by molar-refractivity contribution is -0.142. The standard InChI is InChI=1S/C22H33N5O8/c1-10(2)18(21(33)26-15(22(34)35)8-12-4-6-13(29)7-5-12)27-19(31)14(9-16(23)30)25-20(32)17(24)11(3)28/h4-7,10-11,14-15,17-18,28-29H,8-9,24H2,1-3H3,(H2,23,30)(H,25,32)(H,26,33)(H,27,31)(H,34,35). The van der Waals surface area contributed by atoms with Crippen molar-refractivity contribution in [1.82, 2.24) is 16.0 Å². The molecule has 1 rings (SSSR count). The molecule has 0 aliphatic rings. The number of nitrogens with one attached hydrogen (secondary N) is 3. The first-order chi connectivity index (χ1) is 16.2. The van der Waals surface area contributed by atoms with Gasteiger partial charge in [-0.2, -0.15) is 0 Å². The summed E-state index contributed by atoms with van der Waals surface area (Å²) in [4.78, 5) is 61.0. The third-order valence-corrected chi connectivity index (χ3v) is 5.10. The van der Waals surface area contributed by atoms with Gasteiger partial charge in [0.2, 0.25) is 23.6 Å². The maximum atomic E-state index is 12.9. The van der Waals surface area contributed by atoms with Crippen molar-refractivity contribution >= 4 is 29.6 Å². The predicted octanol–water partition coefficient (Wildman–Crippen LogP) is -2.29. The molecule has 0 saturated heterocycles. The molecular formula is C22H33N5O8. The number of hydrogen-bond acceptors (Lipinski definition) is 8. The van der Waals surface area contributed by atoms with Gasteiger partial charge in [0, 0.05) is 6.42 Å². The van der Waals surface area contributed by atoms with Crippen molar-refractivity contribution < 1.29 is 39.3 Å². The number of primary amides is 1. The van der Waals surface area contributed by atoms with Gasteiger partial charge in [0.05, 0.1) is 12.5 Å². The van der Waals surface area contributed by atoms with E-state index in [2.05, 4.69) is 16.0 Å². The minimum atomic E-state index is -1.48. The molecule has 10 N–H and O–H groups in total. The number of carbonyl (C=O) groups excluding carboxylic acids is 4. The minimum absolute atomic E-state index is 0.000691. The first kappa shape index (κ1) is 29.3. The largest absolute Gasteiger partial charge is 0.508 e. The van der Waals surface area contributed by atoms with Gasteiger partial charge in [-0.15, -0.1) is 0 Å². The van der Waals surface area contributed by atoms with Crippen molar-refractivity contribution in [1.29, 1.82) is 0 Å². The van der Waals surface area contributed by atoms with Crippen molar-refractivity contribution in [3.05, 3.63) is 29.8 Å². The second-order valence-electron chi connectivity index (χ2n) is 8.50. The third-order valence-electron chi connectivity index (χ3n) is 5.10. The molecule has 1 aromatic carbocycles. The monoisotopic (exact) mass is 495 g/mol. The summed E-state index contributed by atoms with van der Waals surface area (Å²) < 4.78 is 0. The lowest BCUT2D eigenvalue weighted by Gasteiger charge is -2.27. The molecule has 0 radical (unpaired) electrons. The highest BCUT2D eigenvalue weighted by atomic mass is 16.4. The molecule has 13 heteroatoms. The fraction of sp³-hybridized carbons (Fsp3) is 0.500. The molecule has 35 heavy (non-hydrogen) atoms. The highest BCUT2D eigenvalue weighted by Crippen LogP contribution is 2.12. The van der Waals surface area contributed by atoms with Crippen LogP contribution in [-0.2, 0) is 30.4 Å². The number of carboxylic acid groups (broad SMARTS) is 1. The van der Waals surface area contributed by atoms with E-state index in [9.17, 15) is 39.3 Å². The lowest BCUT2D eigenvalue weighted by atomic mass is 10.0. The van der Waals surface area contributed by atoms with Gasteiger partial charge < -0.3 is 42.7 Å². The third kappa shape index (κ3) is 9.59. The molecular weight excluding hydrogens is 462 g/mol. The lowest BCUT2D eigenvalue weighted by Crippen LogP contribution is -2.59. The molecule has 13 nitrogen and oxygen atoms in total. The number of aliphatic hydroxyl groups is 1. The molecule has 0 spiro atoms. The first-order valence-electron chi connectivity index (χ1n) is 10.9. The molecule has 5 unspecified atom stereocenters. The van der Waals surface area contributed by atoms with Crippen molar-refractivity contribution in [3.8, 4) is 5.75 Å². The van der Waals surface area contributed by atoms with Crippen LogP contribution in [-0.4, -0.2) is 75.2 Å². The van der Waals surface area contributed by atoms with E-state index in [0.29, 0.717) is 5.56 Å². The molecule has 4 amide bonds. The zero-order chi connectivity index (χ0) is 26.9. The van der Waals surface area contributed by atoms with E-state index in [0.717, 1.165) is 0 Å². The fourth-order valence-corrected chi connectivity index (χ4v) is 3.02. The van der Waals surface area contributed by atoms with Gasteiger partial charge in [-0.1, -0.05) is 26.0 Å². The Kier molecular flexibility index (Phi) is 11.1. The maximum Gasteiger partial charge on any atom is 0.326 e. The van der Waals surface area contributed by atoms with Crippen LogP contribution < -0.4 is 27.4 Å². The van der Waals surface area contributed by atoms with Gasteiger partial charge in [0.1, 0.15) is 29.9 Å². The fourth-order valence-electron chi connectivity index (χ4n) is 3.02. The number of benzene rings is 1. The van der Waals surface area contributed by atoms with E-state index in [1.165, 1.54) is 31.2 Å². The van der Waals surface area contributed by atoms with Crippen LogP contribution in [0.2, 0.25) is 0 Å². The van der Waals surface area contributed by atoms with Gasteiger partial charge in [-0.3, -0.25) is 19.2 Å². The second-order valence-corrected chi connectivity index (χ2v) is 8.50. The molecule has 0 aliphatic carbocycles. The van der Waals surface area contributed by atoms with Crippen molar-refractivity contribution in [2.45, 2.75) is 63.9 Å². The molecule has 0 aromatic heterocycles. The second kappa shape index (κ2) is 13.2. The number of phenols is 1. The van der Waals surface area contributed by atoms with Gasteiger partial charge in [0.25, 0.3) is 0 Å². The number of carbonyl (C=O) groups is 5. The van der Waals surface area contributed by atoms with Crippen molar-refractivity contribution in [2.75, 3.05) is 0 Å². The summed E-state index contributed by atoms with van der Waals surface area (Å²) in [5.74, 6) is -5.37. The number of hydrogen-bond donors (Lipinski definition) is 8. The summed E-state index contributed by atoms with van der Waals surface area (Å²) in [5, 5.41) is 35.4. The number of phenolic OH excluding ortho intramolecular Hbond substituents is 1. The highest BCUT2D eigenvalue weighted by Gasteiger charge is 2.33. The molecule has 0 fully saturated rings. The van der Waals surface area contributed by atoms with Crippen LogP contribution in [0.1, 0.15) is 32.8 Å². The summed E-state index contributed by atoms with van der Waals surface area (Å²) in [6, 6.07) is 0.359. The number of aliphatic hydroxyl groups excluding tert-OH is 1. The van der Waals surface area contributed by atoms with Crippen LogP contribution in [0.15, 0.2) is 24.3 Å².